The molecule has 0 atom stereocenters. The second kappa shape index (κ2) is 17.6. The van der Waals surface area contributed by atoms with Crippen LogP contribution in [0.15, 0.2) is 138 Å². The van der Waals surface area contributed by atoms with E-state index in [4.69, 9.17) is 4.42 Å². The van der Waals surface area contributed by atoms with Gasteiger partial charge < -0.3 is 19.1 Å². The molecular weight excluding hydrogens is 1040 g/mol. The Bertz CT molecular complexity index is 4250. The van der Waals surface area contributed by atoms with Crippen LogP contribution in [-0.2, 0) is 43.3 Å². The Morgan fingerprint density at radius 1 is 0.393 bits per heavy atom. The molecule has 0 saturated carbocycles. The molecule has 84 heavy (non-hydrogen) atoms. The van der Waals surface area contributed by atoms with E-state index in [1.807, 2.05) is 0 Å². The average molecular weight is 1120 g/mol. The van der Waals surface area contributed by atoms with Crippen LogP contribution in [0.5, 0.6) is 0 Å². The van der Waals surface area contributed by atoms with Crippen molar-refractivity contribution < 1.29 is 4.42 Å². The molecular formula is C78H86BN3OS. The maximum Gasteiger partial charge on any atom is 0.264 e. The summed E-state index contributed by atoms with van der Waals surface area (Å²) in [6, 6.07) is 52.5. The highest BCUT2D eigenvalue weighted by Crippen LogP contribution is 2.60. The van der Waals surface area contributed by atoms with E-state index in [2.05, 4.69) is 270 Å². The summed E-state index contributed by atoms with van der Waals surface area (Å²) in [5.41, 5.74) is 26.4. The van der Waals surface area contributed by atoms with Crippen LogP contribution in [0.2, 0.25) is 0 Å². The number of nitrogens with zero attached hydrogens (tertiary/aromatic N) is 3. The van der Waals surface area contributed by atoms with Crippen LogP contribution in [0.3, 0.4) is 0 Å². The Balaban J connectivity index is 1.11. The smallest absolute Gasteiger partial charge is 0.264 e. The van der Waals surface area contributed by atoms with Gasteiger partial charge in [0.25, 0.3) is 6.71 Å². The van der Waals surface area contributed by atoms with Crippen molar-refractivity contribution in [1.82, 2.24) is 0 Å². The fraction of sp³-hybridized carbons (Fsp3) is 0.410. The molecule has 4 aliphatic carbocycles. The van der Waals surface area contributed by atoms with E-state index in [0.29, 0.717) is 0 Å². The molecule has 0 radical (unpaired) electrons. The number of para-hydroxylation sites is 2. The van der Waals surface area contributed by atoms with E-state index in [1.54, 1.807) is 10.4 Å². The van der Waals surface area contributed by atoms with Crippen molar-refractivity contribution in [1.29, 1.82) is 0 Å². The quantitative estimate of drug-likeness (QED) is 0.160. The maximum atomic E-state index is 6.77. The Labute approximate surface area is 505 Å². The van der Waals surface area contributed by atoms with Gasteiger partial charge in [-0.15, -0.1) is 0 Å². The molecule has 428 valence electrons. The number of hydrogen-bond acceptors (Lipinski definition) is 5. The zero-order valence-electron chi connectivity index (χ0n) is 53.1. The van der Waals surface area contributed by atoms with E-state index in [9.17, 15) is 0 Å². The van der Waals surface area contributed by atoms with E-state index < -0.39 is 0 Å². The van der Waals surface area contributed by atoms with Gasteiger partial charge in [-0.1, -0.05) is 165 Å². The summed E-state index contributed by atoms with van der Waals surface area (Å²) in [7, 11) is 0. The lowest BCUT2D eigenvalue weighted by atomic mass is 9.35. The van der Waals surface area contributed by atoms with Crippen LogP contribution in [0.4, 0.5) is 51.2 Å². The lowest BCUT2D eigenvalue weighted by Crippen LogP contribution is -2.61. The summed E-state index contributed by atoms with van der Waals surface area (Å²) in [6.45, 7) is 40.1. The molecule has 2 aliphatic heterocycles. The minimum absolute atomic E-state index is 0.000496. The predicted octanol–water partition coefficient (Wildman–Crippen LogP) is 20.6. The molecule has 15 rings (SSSR count). The Hall–Kier alpha value is -6.50. The Kier molecular flexibility index (Phi) is 11.3. The molecule has 0 saturated heterocycles. The second-order valence-corrected chi connectivity index (χ2v) is 33.0. The van der Waals surface area contributed by atoms with Crippen molar-refractivity contribution >= 4 is 107 Å². The Morgan fingerprint density at radius 3 is 1.49 bits per heavy atom. The topological polar surface area (TPSA) is 22.9 Å². The zero-order chi connectivity index (χ0) is 58.8. The molecule has 7 aromatic carbocycles. The van der Waals surface area contributed by atoms with Crippen molar-refractivity contribution in [3.8, 4) is 0 Å². The SMILES string of the molecule is CC1(C)CCC(C)(C)c2cc(N3c4cc5c(cc4B4c6sc7c(c6N(c6ccc8c(c6)C(C)(C)CCC8(C)C)c6cc(N(c8ccccc8)c8ccc9c(c8)oc8ccccc89)cc3c64)C(C)(C)CCC7(C)C)C(C)(C)CCC5(C)C)ccc21. The number of furan rings is 1. The van der Waals surface area contributed by atoms with Crippen LogP contribution in [0.1, 0.15) is 206 Å². The summed E-state index contributed by atoms with van der Waals surface area (Å²) in [5.74, 6) is 0. The van der Waals surface area contributed by atoms with Gasteiger partial charge >= 0.3 is 0 Å². The maximum absolute atomic E-state index is 6.77. The molecule has 9 aromatic rings. The first-order chi connectivity index (χ1) is 39.6. The number of rotatable bonds is 5. The highest BCUT2D eigenvalue weighted by molar-refractivity contribution is 7.29. The first kappa shape index (κ1) is 54.2. The zero-order valence-corrected chi connectivity index (χ0v) is 53.9. The monoisotopic (exact) mass is 1120 g/mol. The van der Waals surface area contributed by atoms with E-state index in [1.165, 1.54) is 96.0 Å². The molecule has 0 N–H and O–H groups in total. The fourth-order valence-electron chi connectivity index (χ4n) is 16.8. The molecule has 0 unspecified atom stereocenters. The van der Waals surface area contributed by atoms with Gasteiger partial charge in [0.05, 0.1) is 11.4 Å². The largest absolute Gasteiger partial charge is 0.456 e. The van der Waals surface area contributed by atoms with E-state index in [0.717, 1.165) is 77.5 Å². The summed E-state index contributed by atoms with van der Waals surface area (Å²) in [5, 5.41) is 2.27. The van der Waals surface area contributed by atoms with Crippen molar-refractivity contribution in [3.05, 3.63) is 177 Å². The molecule has 0 amide bonds. The summed E-state index contributed by atoms with van der Waals surface area (Å²) in [4.78, 5) is 9.67. The first-order valence-corrected chi connectivity index (χ1v) is 32.6. The van der Waals surface area contributed by atoms with Gasteiger partial charge in [-0.3, -0.25) is 0 Å². The summed E-state index contributed by atoms with van der Waals surface area (Å²) >= 11 is 2.15. The van der Waals surface area contributed by atoms with Gasteiger partial charge in [-0.25, -0.2) is 0 Å². The van der Waals surface area contributed by atoms with Crippen molar-refractivity contribution in [2.45, 2.75) is 205 Å². The van der Waals surface area contributed by atoms with Crippen molar-refractivity contribution in [3.63, 3.8) is 0 Å². The van der Waals surface area contributed by atoms with Crippen molar-refractivity contribution in [2.24, 2.45) is 0 Å². The Morgan fingerprint density at radius 2 is 0.881 bits per heavy atom. The molecule has 4 heterocycles. The van der Waals surface area contributed by atoms with E-state index >= 15 is 0 Å². The van der Waals surface area contributed by atoms with Gasteiger partial charge in [0, 0.05) is 66.3 Å². The number of benzene rings is 7. The van der Waals surface area contributed by atoms with Crippen LogP contribution in [-0.4, -0.2) is 6.71 Å². The minimum Gasteiger partial charge on any atom is -0.456 e. The van der Waals surface area contributed by atoms with Crippen LogP contribution >= 0.6 is 11.3 Å². The standard InChI is InChI=1S/C78H86BN3OS/c1-71(2)32-34-73(5,6)56-40-48(27-30-54(56)71)81-61-46-59-58(75(9,10)36-37-76(59,11)12)45-60(61)79-67-62(81)42-51(80(47-22-18-17-19-23-47)50-26-29-53-52-24-20-21-25-64(52)83-65(53)44-50)43-63(67)82(49-28-31-55-57(41-49)74(7,8)35-33-72(55,3)4)68-66-69(84-70(68)79)78(15,16)39-38-77(66,13)14/h17-31,40-46H,32-39H2,1-16H3. The first-order valence-electron chi connectivity index (χ1n) is 31.8. The third-order valence-corrected chi connectivity index (χ3v) is 24.2. The van der Waals surface area contributed by atoms with Gasteiger partial charge in [0.2, 0.25) is 0 Å². The lowest BCUT2D eigenvalue weighted by molar-refractivity contribution is 0.332. The van der Waals surface area contributed by atoms with Crippen LogP contribution < -0.4 is 30.4 Å². The number of hydrogen-bond donors (Lipinski definition) is 0. The van der Waals surface area contributed by atoms with Gasteiger partial charge in [0.15, 0.2) is 0 Å². The van der Waals surface area contributed by atoms with Crippen LogP contribution in [0, 0.1) is 0 Å². The molecule has 0 fully saturated rings. The third kappa shape index (κ3) is 7.82. The third-order valence-electron chi connectivity index (χ3n) is 22.6. The molecule has 4 nitrogen and oxygen atoms in total. The normalized spacial score (nSPS) is 20.9. The fourth-order valence-corrected chi connectivity index (χ4v) is 18.5. The van der Waals surface area contributed by atoms with E-state index in [-0.39, 0.29) is 50.0 Å². The molecule has 0 bridgehead atoms. The average Bonchev–Trinajstić information content (AvgIpc) is 1.47. The highest BCUT2D eigenvalue weighted by atomic mass is 32.1. The second-order valence-electron chi connectivity index (χ2n) is 32.0. The van der Waals surface area contributed by atoms with Gasteiger partial charge in [-0.2, -0.15) is 11.3 Å². The number of fused-ring (bicyclic) bond motifs is 12. The minimum atomic E-state index is -0.0617. The molecule has 6 heteroatoms. The predicted molar refractivity (Wildman–Crippen MR) is 361 cm³/mol. The van der Waals surface area contributed by atoms with Gasteiger partial charge in [0.1, 0.15) is 11.2 Å². The summed E-state index contributed by atoms with van der Waals surface area (Å²) in [6.07, 6.45) is 9.28. The van der Waals surface area contributed by atoms with Crippen LogP contribution in [0.25, 0.3) is 21.9 Å². The molecule has 6 aliphatic rings. The molecule has 0 spiro atoms. The molecule has 2 aromatic heterocycles. The summed E-state index contributed by atoms with van der Waals surface area (Å²) < 4.78 is 8.27. The van der Waals surface area contributed by atoms with Gasteiger partial charge in [-0.05, 0) is 217 Å². The number of thiophene rings is 1. The number of anilines is 9. The highest BCUT2D eigenvalue weighted by Gasteiger charge is 2.53. The lowest BCUT2D eigenvalue weighted by Gasteiger charge is -2.48. The van der Waals surface area contributed by atoms with Crippen molar-refractivity contribution in [2.75, 3.05) is 14.7 Å².